The molecular formula is C24H18BrN3O7. The number of hydrogen-bond acceptors (Lipinski definition) is 8. The molecule has 0 radical (unpaired) electrons. The minimum atomic E-state index is -0.617. The van der Waals surface area contributed by atoms with Crippen LogP contribution in [-0.4, -0.2) is 37.3 Å². The van der Waals surface area contributed by atoms with E-state index >= 15 is 0 Å². The zero-order valence-corrected chi connectivity index (χ0v) is 19.6. The van der Waals surface area contributed by atoms with Crippen LogP contribution in [0.25, 0.3) is 6.08 Å². The lowest BCUT2D eigenvalue weighted by Gasteiger charge is -2.07. The van der Waals surface area contributed by atoms with Gasteiger partial charge in [-0.25, -0.2) is 10.2 Å². The summed E-state index contributed by atoms with van der Waals surface area (Å²) in [6, 6.07) is 13.1. The van der Waals surface area contributed by atoms with Gasteiger partial charge in [-0.05, 0) is 54.6 Å². The van der Waals surface area contributed by atoms with Gasteiger partial charge in [0, 0.05) is 21.7 Å². The maximum absolute atomic E-state index is 12.3. The lowest BCUT2D eigenvalue weighted by Crippen LogP contribution is -2.34. The number of carbonyl (C=O) groups is 3. The molecule has 0 atom stereocenters. The van der Waals surface area contributed by atoms with Crippen molar-refractivity contribution >= 4 is 46.0 Å². The van der Waals surface area contributed by atoms with E-state index in [1.807, 2.05) is 0 Å². The van der Waals surface area contributed by atoms with E-state index in [4.69, 9.17) is 18.6 Å². The lowest BCUT2D eigenvalue weighted by atomic mass is 10.2. The highest BCUT2D eigenvalue weighted by atomic mass is 79.9. The van der Waals surface area contributed by atoms with Gasteiger partial charge in [-0.15, -0.1) is 0 Å². The molecule has 11 heteroatoms. The van der Waals surface area contributed by atoms with Gasteiger partial charge in [-0.1, -0.05) is 15.9 Å². The summed E-state index contributed by atoms with van der Waals surface area (Å²) in [6.45, 7) is -0.204. The molecule has 0 saturated heterocycles. The van der Waals surface area contributed by atoms with Gasteiger partial charge in [-0.2, -0.15) is 5.10 Å². The summed E-state index contributed by atoms with van der Waals surface area (Å²) in [5, 5.41) is 6.38. The smallest absolute Gasteiger partial charge is 0.336 e. The van der Waals surface area contributed by atoms with Crippen LogP contribution in [-0.2, 0) is 9.59 Å². The number of hydrazone groups is 1. The van der Waals surface area contributed by atoms with Gasteiger partial charge < -0.3 is 23.9 Å². The molecule has 35 heavy (non-hydrogen) atoms. The minimum absolute atomic E-state index is 0.0986. The van der Waals surface area contributed by atoms with E-state index in [2.05, 4.69) is 31.8 Å². The second kappa shape index (κ2) is 11.2. The van der Waals surface area contributed by atoms with Crippen LogP contribution < -0.4 is 25.0 Å². The van der Waals surface area contributed by atoms with E-state index in [0.717, 1.165) is 0 Å². The highest BCUT2D eigenvalue weighted by molar-refractivity contribution is 9.10. The van der Waals surface area contributed by atoms with E-state index in [1.165, 1.54) is 30.7 Å². The number of hydrogen-bond donors (Lipinski definition) is 2. The first-order valence-corrected chi connectivity index (χ1v) is 11.0. The van der Waals surface area contributed by atoms with E-state index in [0.29, 0.717) is 32.9 Å². The SMILES string of the molecule is O=C(CNC(=O)c1ccc2c(c1)OCO2)NN=Cc1cc(Br)ccc1OC(=O)/C=C/c1ccco1. The lowest BCUT2D eigenvalue weighted by molar-refractivity contribution is -0.129. The number of carbonyl (C=O) groups excluding carboxylic acids is 3. The summed E-state index contributed by atoms with van der Waals surface area (Å²) in [5.74, 6) is 0.142. The molecule has 178 valence electrons. The fraction of sp³-hybridized carbons (Fsp3) is 0.0833. The van der Waals surface area contributed by atoms with Gasteiger partial charge in [0.25, 0.3) is 11.8 Å². The second-order valence-corrected chi connectivity index (χ2v) is 7.91. The molecule has 3 aromatic rings. The van der Waals surface area contributed by atoms with Crippen molar-refractivity contribution in [1.29, 1.82) is 0 Å². The Morgan fingerprint density at radius 1 is 1.09 bits per heavy atom. The Morgan fingerprint density at radius 2 is 1.94 bits per heavy atom. The summed E-state index contributed by atoms with van der Waals surface area (Å²) in [7, 11) is 0. The predicted molar refractivity (Wildman–Crippen MR) is 128 cm³/mol. The third-order valence-electron chi connectivity index (χ3n) is 4.55. The van der Waals surface area contributed by atoms with E-state index < -0.39 is 17.8 Å². The molecule has 1 aliphatic rings. The molecule has 2 aromatic carbocycles. The van der Waals surface area contributed by atoms with Gasteiger partial charge in [-0.3, -0.25) is 9.59 Å². The van der Waals surface area contributed by atoms with Crippen molar-refractivity contribution < 1.29 is 33.0 Å². The van der Waals surface area contributed by atoms with Gasteiger partial charge in [0.1, 0.15) is 11.5 Å². The molecular weight excluding hydrogens is 522 g/mol. The number of nitrogens with one attached hydrogen (secondary N) is 2. The van der Waals surface area contributed by atoms with Crippen molar-refractivity contribution in [1.82, 2.24) is 10.7 Å². The fourth-order valence-electron chi connectivity index (χ4n) is 2.91. The molecule has 1 aromatic heterocycles. The Kier molecular flexibility index (Phi) is 7.58. The summed E-state index contributed by atoms with van der Waals surface area (Å²) < 4.78 is 21.6. The van der Waals surface area contributed by atoms with Crippen molar-refractivity contribution in [2.75, 3.05) is 13.3 Å². The number of furan rings is 1. The first kappa shape index (κ1) is 23.8. The van der Waals surface area contributed by atoms with Crippen LogP contribution in [0, 0.1) is 0 Å². The highest BCUT2D eigenvalue weighted by Crippen LogP contribution is 2.32. The van der Waals surface area contributed by atoms with Gasteiger partial charge in [0.2, 0.25) is 6.79 Å². The van der Waals surface area contributed by atoms with Crippen LogP contribution >= 0.6 is 15.9 Å². The van der Waals surface area contributed by atoms with Crippen LogP contribution in [0.15, 0.2) is 74.9 Å². The summed E-state index contributed by atoms with van der Waals surface area (Å²) in [5.41, 5.74) is 3.07. The van der Waals surface area contributed by atoms with E-state index in [-0.39, 0.29) is 19.1 Å². The number of ether oxygens (including phenoxy) is 3. The number of fused-ring (bicyclic) bond motifs is 1. The highest BCUT2D eigenvalue weighted by Gasteiger charge is 2.16. The number of nitrogens with zero attached hydrogens (tertiary/aromatic N) is 1. The maximum atomic E-state index is 12.3. The largest absolute Gasteiger partial charge is 0.465 e. The Hall–Kier alpha value is -4.38. The molecule has 0 bridgehead atoms. The number of amides is 2. The molecule has 0 spiro atoms. The molecule has 0 unspecified atom stereocenters. The third-order valence-corrected chi connectivity index (χ3v) is 5.04. The summed E-state index contributed by atoms with van der Waals surface area (Å²) in [6.07, 6.45) is 5.52. The van der Waals surface area contributed by atoms with E-state index in [9.17, 15) is 14.4 Å². The van der Waals surface area contributed by atoms with Crippen LogP contribution in [0.3, 0.4) is 0 Å². The molecule has 0 saturated carbocycles. The number of rotatable bonds is 8. The van der Waals surface area contributed by atoms with Gasteiger partial charge in [0.05, 0.1) is 19.0 Å². The van der Waals surface area contributed by atoms with Crippen molar-refractivity contribution in [2.24, 2.45) is 5.10 Å². The van der Waals surface area contributed by atoms with Crippen LogP contribution in [0.1, 0.15) is 21.7 Å². The molecule has 2 N–H and O–H groups in total. The Balaban J connectivity index is 1.30. The van der Waals surface area contributed by atoms with Gasteiger partial charge >= 0.3 is 5.97 Å². The summed E-state index contributed by atoms with van der Waals surface area (Å²) in [4.78, 5) is 36.5. The molecule has 2 heterocycles. The van der Waals surface area contributed by atoms with Crippen molar-refractivity contribution in [3.05, 3.63) is 82.2 Å². The van der Waals surface area contributed by atoms with Gasteiger partial charge in [0.15, 0.2) is 11.5 Å². The zero-order valence-electron chi connectivity index (χ0n) is 18.0. The molecule has 0 aliphatic carbocycles. The monoisotopic (exact) mass is 539 g/mol. The van der Waals surface area contributed by atoms with E-state index in [1.54, 1.807) is 42.5 Å². The third kappa shape index (κ3) is 6.58. The molecule has 4 rings (SSSR count). The zero-order chi connectivity index (χ0) is 24.6. The average molecular weight is 540 g/mol. The van der Waals surface area contributed by atoms with Crippen molar-refractivity contribution in [3.8, 4) is 17.2 Å². The average Bonchev–Trinajstić information content (AvgIpc) is 3.54. The van der Waals surface area contributed by atoms with Crippen LogP contribution in [0.5, 0.6) is 17.2 Å². The van der Waals surface area contributed by atoms with Crippen LogP contribution in [0.2, 0.25) is 0 Å². The molecule has 0 fully saturated rings. The second-order valence-electron chi connectivity index (χ2n) is 7.00. The number of benzene rings is 2. The number of halogens is 1. The van der Waals surface area contributed by atoms with Crippen molar-refractivity contribution in [2.45, 2.75) is 0 Å². The molecule has 2 amide bonds. The quantitative estimate of drug-likeness (QED) is 0.148. The molecule has 1 aliphatic heterocycles. The predicted octanol–water partition coefficient (Wildman–Crippen LogP) is 3.27. The summed E-state index contributed by atoms with van der Waals surface area (Å²) >= 11 is 3.34. The standard InChI is InChI=1S/C24H18BrN3O7/c25-17-4-7-19(35-23(30)8-5-18-2-1-9-32-18)16(10-17)12-27-28-22(29)13-26-24(31)15-3-6-20-21(11-15)34-14-33-20/h1-12H,13-14H2,(H,26,31)(H,28,29)/b8-5+,27-12?. The van der Waals surface area contributed by atoms with Crippen molar-refractivity contribution in [3.63, 3.8) is 0 Å². The fourth-order valence-corrected chi connectivity index (χ4v) is 3.28. The Labute approximate surface area is 207 Å². The maximum Gasteiger partial charge on any atom is 0.336 e. The normalized spacial score (nSPS) is 12.1. The minimum Gasteiger partial charge on any atom is -0.465 e. The first-order chi connectivity index (χ1) is 17.0. The first-order valence-electron chi connectivity index (χ1n) is 10.2. The van der Waals surface area contributed by atoms with Crippen LogP contribution in [0.4, 0.5) is 0 Å². The Morgan fingerprint density at radius 3 is 2.77 bits per heavy atom. The topological polar surface area (TPSA) is 128 Å². The Bertz CT molecular complexity index is 1300. The number of esters is 1. The molecule has 10 nitrogen and oxygen atoms in total.